The number of phenolic OH excluding ortho intramolecular Hbond substituents is 1. The van der Waals surface area contributed by atoms with Gasteiger partial charge in [0.15, 0.2) is 5.65 Å². The van der Waals surface area contributed by atoms with Crippen molar-refractivity contribution in [2.45, 2.75) is 25.8 Å². The van der Waals surface area contributed by atoms with Gasteiger partial charge in [-0.2, -0.15) is 0 Å². The van der Waals surface area contributed by atoms with Gasteiger partial charge in [0.1, 0.15) is 28.3 Å². The van der Waals surface area contributed by atoms with Gasteiger partial charge in [0.25, 0.3) is 11.5 Å². The molecule has 1 fully saturated rings. The molecule has 13 heteroatoms. The summed E-state index contributed by atoms with van der Waals surface area (Å²) in [7, 11) is 1.53. The normalized spacial score (nSPS) is 16.7. The third kappa shape index (κ3) is 4.08. The maximum atomic E-state index is 15.0. The molecule has 2 amide bonds. The number of fused-ring (bicyclic) bond motifs is 5. The number of hydrogen-bond donors (Lipinski definition) is 1. The van der Waals surface area contributed by atoms with Crippen LogP contribution in [0.15, 0.2) is 47.2 Å². The van der Waals surface area contributed by atoms with Gasteiger partial charge < -0.3 is 19.8 Å². The summed E-state index contributed by atoms with van der Waals surface area (Å²) in [6.07, 6.45) is 1.21. The largest absolute Gasteiger partial charge is 0.507 e. The fourth-order valence-electron chi connectivity index (χ4n) is 5.70. The van der Waals surface area contributed by atoms with Crippen LogP contribution in [0.4, 0.5) is 15.8 Å². The summed E-state index contributed by atoms with van der Waals surface area (Å²) in [5, 5.41) is 11.6. The number of pyridine rings is 2. The van der Waals surface area contributed by atoms with Gasteiger partial charge >= 0.3 is 0 Å². The maximum Gasteiger partial charge on any atom is 0.283 e. The van der Waals surface area contributed by atoms with Gasteiger partial charge in [-0.25, -0.2) is 18.9 Å². The Morgan fingerprint density at radius 1 is 1.26 bits per heavy atom. The molecule has 10 nitrogen and oxygen atoms in total. The van der Waals surface area contributed by atoms with Gasteiger partial charge in [0, 0.05) is 25.5 Å². The van der Waals surface area contributed by atoms with Crippen LogP contribution in [-0.2, 0) is 9.59 Å². The Bertz CT molecular complexity index is 1850. The number of anilines is 2. The fraction of sp³-hybridized carbons (Fsp3) is 0.276. The maximum absolute atomic E-state index is 15.0. The van der Waals surface area contributed by atoms with Crippen LogP contribution in [0.1, 0.15) is 25.5 Å². The number of thiazole rings is 1. The van der Waals surface area contributed by atoms with Gasteiger partial charge in [-0.3, -0.25) is 14.4 Å². The molecule has 0 spiro atoms. The van der Waals surface area contributed by atoms with Crippen molar-refractivity contribution in [3.8, 4) is 22.0 Å². The van der Waals surface area contributed by atoms with Crippen LogP contribution in [0, 0.1) is 5.82 Å². The number of nitrogens with zero attached hydrogens (tertiary/aromatic N) is 6. The molecule has 0 bridgehead atoms. The molecule has 0 unspecified atom stereocenters. The van der Waals surface area contributed by atoms with E-state index < -0.39 is 17.4 Å². The molecule has 1 atom stereocenters. The Hall–Kier alpha value is -4.29. The molecule has 42 heavy (non-hydrogen) atoms. The van der Waals surface area contributed by atoms with E-state index >= 15 is 4.39 Å². The highest BCUT2D eigenvalue weighted by atomic mass is 35.5. The first-order chi connectivity index (χ1) is 20.0. The van der Waals surface area contributed by atoms with Crippen molar-refractivity contribution in [3.63, 3.8) is 0 Å². The smallest absolute Gasteiger partial charge is 0.283 e. The second-order valence-electron chi connectivity index (χ2n) is 10.5. The van der Waals surface area contributed by atoms with E-state index in [2.05, 4.69) is 11.6 Å². The number of benzene rings is 1. The Labute approximate surface area is 248 Å². The average molecular weight is 609 g/mol. The third-order valence-corrected chi connectivity index (χ3v) is 8.83. The first-order valence-electron chi connectivity index (χ1n) is 13.2. The predicted octanol–water partition coefficient (Wildman–Crippen LogP) is 4.31. The second kappa shape index (κ2) is 10.2. The molecule has 0 radical (unpaired) electrons. The number of aromatic nitrogens is 3. The van der Waals surface area contributed by atoms with Crippen molar-refractivity contribution < 1.29 is 19.1 Å². The zero-order chi connectivity index (χ0) is 30.0. The molecular weight excluding hydrogens is 583 g/mol. The molecule has 1 saturated heterocycles. The number of amides is 2. The SMILES string of the molecule is C=CC(=O)N1CCN2c3c(c(=O)n(-c4scnc4C(C)C)c4nc(-c5c(O)cccc5F)c(Cl)cc34)N(C)C(=O)[C@H]2C1. The van der Waals surface area contributed by atoms with Crippen LogP contribution < -0.4 is 15.4 Å². The zero-order valence-corrected chi connectivity index (χ0v) is 24.5. The third-order valence-electron chi connectivity index (χ3n) is 7.71. The van der Waals surface area contributed by atoms with Crippen molar-refractivity contribution in [2.24, 2.45) is 0 Å². The highest BCUT2D eigenvalue weighted by Gasteiger charge is 2.44. The van der Waals surface area contributed by atoms with Gasteiger partial charge in [0.05, 0.1) is 39.7 Å². The molecule has 2 aliphatic heterocycles. The van der Waals surface area contributed by atoms with E-state index in [1.807, 2.05) is 18.7 Å². The van der Waals surface area contributed by atoms with Crippen LogP contribution in [-0.4, -0.2) is 69.1 Å². The number of phenols is 1. The molecule has 0 saturated carbocycles. The molecule has 6 rings (SSSR count). The Balaban J connectivity index is 1.71. The summed E-state index contributed by atoms with van der Waals surface area (Å²) in [5.74, 6) is -1.77. The van der Waals surface area contributed by atoms with Crippen LogP contribution in [0.25, 0.3) is 27.3 Å². The molecule has 4 aromatic rings. The minimum atomic E-state index is -0.762. The first-order valence-corrected chi connectivity index (χ1v) is 14.5. The summed E-state index contributed by atoms with van der Waals surface area (Å²) >= 11 is 7.98. The number of rotatable bonds is 4. The minimum absolute atomic E-state index is 0.0401. The number of piperazine rings is 1. The fourth-order valence-corrected chi connectivity index (χ4v) is 6.89. The second-order valence-corrected chi connectivity index (χ2v) is 11.7. The Morgan fingerprint density at radius 2 is 2.02 bits per heavy atom. The summed E-state index contributed by atoms with van der Waals surface area (Å²) in [5.41, 5.74) is 2.27. The molecular formula is C29H26ClFN6O4S. The molecule has 216 valence electrons. The molecule has 5 heterocycles. The lowest BCUT2D eigenvalue weighted by Gasteiger charge is -2.47. The van der Waals surface area contributed by atoms with Crippen LogP contribution >= 0.6 is 22.9 Å². The van der Waals surface area contributed by atoms with E-state index in [0.717, 1.165) is 0 Å². The van der Waals surface area contributed by atoms with E-state index in [4.69, 9.17) is 16.6 Å². The predicted molar refractivity (Wildman–Crippen MR) is 160 cm³/mol. The van der Waals surface area contributed by atoms with Gasteiger partial charge in [-0.05, 0) is 30.2 Å². The highest BCUT2D eigenvalue weighted by Crippen LogP contribution is 2.44. The molecule has 1 N–H and O–H groups in total. The van der Waals surface area contributed by atoms with Gasteiger partial charge in [-0.15, -0.1) is 11.3 Å². The monoisotopic (exact) mass is 608 g/mol. The number of carbonyl (C=O) groups is 2. The standard InChI is InChI=1S/C29H26ClFN6O4S/c1-5-20(39)35-9-10-36-18(12-35)27(40)34(4)25-24(36)15-11-16(30)23(21-17(31)7-6-8-19(21)38)33-26(15)37(28(25)41)29-22(14(2)3)32-13-42-29/h5-8,11,13-14,18,38H,1,9-10,12H2,2-4H3/t18-/m1/s1. The number of likely N-dealkylation sites (N-methyl/N-ethyl adjacent to an activating group) is 1. The summed E-state index contributed by atoms with van der Waals surface area (Å²) in [6, 6.07) is 4.70. The average Bonchev–Trinajstić information content (AvgIpc) is 3.45. The van der Waals surface area contributed by atoms with Crippen molar-refractivity contribution in [2.75, 3.05) is 36.5 Å². The molecule has 0 aliphatic carbocycles. The molecule has 1 aromatic carbocycles. The van der Waals surface area contributed by atoms with Gasteiger partial charge in [-0.1, -0.05) is 38.1 Å². The van der Waals surface area contributed by atoms with Crippen molar-refractivity contribution in [1.29, 1.82) is 0 Å². The highest BCUT2D eigenvalue weighted by molar-refractivity contribution is 7.12. The van der Waals surface area contributed by atoms with Crippen molar-refractivity contribution >= 4 is 57.2 Å². The number of carbonyl (C=O) groups excluding carboxylic acids is 2. The topological polar surface area (TPSA) is 112 Å². The van der Waals surface area contributed by atoms with Crippen molar-refractivity contribution in [3.05, 3.63) is 69.3 Å². The van der Waals surface area contributed by atoms with Gasteiger partial charge in [0.2, 0.25) is 5.91 Å². The van der Waals surface area contributed by atoms with E-state index in [9.17, 15) is 19.5 Å². The lowest BCUT2D eigenvalue weighted by molar-refractivity contribution is -0.128. The Morgan fingerprint density at radius 3 is 2.71 bits per heavy atom. The van der Waals surface area contributed by atoms with E-state index in [-0.39, 0.29) is 64.2 Å². The quantitative estimate of drug-likeness (QED) is 0.344. The number of halogens is 2. The molecule has 2 aliphatic rings. The van der Waals surface area contributed by atoms with E-state index in [1.165, 1.54) is 52.1 Å². The number of aromatic hydroxyl groups is 1. The minimum Gasteiger partial charge on any atom is -0.507 e. The lowest BCUT2D eigenvalue weighted by atomic mass is 10.0. The summed E-state index contributed by atoms with van der Waals surface area (Å²) in [6.45, 7) is 8.12. The van der Waals surface area contributed by atoms with Crippen LogP contribution in [0.3, 0.4) is 0 Å². The Kier molecular flexibility index (Phi) is 6.77. The first kappa shape index (κ1) is 27.9. The van der Waals surface area contributed by atoms with Crippen LogP contribution in [0.2, 0.25) is 5.02 Å². The summed E-state index contributed by atoms with van der Waals surface area (Å²) in [4.78, 5) is 54.4. The lowest BCUT2D eigenvalue weighted by Crippen LogP contribution is -2.63. The zero-order valence-electron chi connectivity index (χ0n) is 23.0. The van der Waals surface area contributed by atoms with Crippen molar-refractivity contribution in [1.82, 2.24) is 19.4 Å². The van der Waals surface area contributed by atoms with Crippen LogP contribution in [0.5, 0.6) is 5.75 Å². The summed E-state index contributed by atoms with van der Waals surface area (Å²) < 4.78 is 16.4. The molecule has 3 aromatic heterocycles. The number of hydrogen-bond acceptors (Lipinski definition) is 8. The van der Waals surface area contributed by atoms with E-state index in [1.54, 1.807) is 16.5 Å². The van der Waals surface area contributed by atoms with E-state index in [0.29, 0.717) is 28.3 Å².